The van der Waals surface area contributed by atoms with E-state index in [1.54, 1.807) is 0 Å². The van der Waals surface area contributed by atoms with Crippen LogP contribution in [0.5, 0.6) is 0 Å². The average Bonchev–Trinajstić information content (AvgIpc) is 2.84. The van der Waals surface area contributed by atoms with E-state index in [-0.39, 0.29) is 17.1 Å². The molecule has 3 rings (SSSR count). The Hall–Kier alpha value is -2.69. The molecule has 106 valence electrons. The van der Waals surface area contributed by atoms with Crippen molar-refractivity contribution >= 4 is 5.88 Å². The number of aromatic nitrogens is 1. The summed E-state index contributed by atoms with van der Waals surface area (Å²) in [6.07, 6.45) is 0. The van der Waals surface area contributed by atoms with Gasteiger partial charge in [-0.05, 0) is 36.2 Å². The van der Waals surface area contributed by atoms with Crippen LogP contribution in [-0.2, 0) is 0 Å². The van der Waals surface area contributed by atoms with Crippen molar-refractivity contribution < 1.29 is 13.3 Å². The molecule has 0 fully saturated rings. The van der Waals surface area contributed by atoms with E-state index >= 15 is 0 Å². The fraction of sp³-hybridized carbons (Fsp3) is 0.0625. The lowest BCUT2D eigenvalue weighted by Crippen LogP contribution is -1.92. The van der Waals surface area contributed by atoms with Gasteiger partial charge in [-0.1, -0.05) is 29.4 Å². The molecule has 1 heterocycles. The van der Waals surface area contributed by atoms with E-state index in [4.69, 9.17) is 10.3 Å². The Kier molecular flexibility index (Phi) is 3.17. The Morgan fingerprint density at radius 3 is 2.57 bits per heavy atom. The minimum atomic E-state index is -0.584. The van der Waals surface area contributed by atoms with Crippen molar-refractivity contribution in [2.24, 2.45) is 0 Å². The molecule has 2 N–H and O–H groups in total. The third-order valence-corrected chi connectivity index (χ3v) is 3.32. The fourth-order valence-corrected chi connectivity index (χ4v) is 2.28. The average molecular weight is 286 g/mol. The number of benzene rings is 2. The van der Waals surface area contributed by atoms with E-state index in [1.165, 1.54) is 0 Å². The van der Waals surface area contributed by atoms with Crippen LogP contribution in [0.25, 0.3) is 22.4 Å². The van der Waals surface area contributed by atoms with Crippen molar-refractivity contribution in [2.75, 3.05) is 5.73 Å². The molecular weight excluding hydrogens is 274 g/mol. The summed E-state index contributed by atoms with van der Waals surface area (Å²) in [7, 11) is 0. The number of anilines is 1. The minimum absolute atomic E-state index is 0.0219. The number of halogens is 2. The van der Waals surface area contributed by atoms with Crippen LogP contribution in [0.1, 0.15) is 5.56 Å². The van der Waals surface area contributed by atoms with Gasteiger partial charge in [-0.25, -0.2) is 8.78 Å². The molecule has 0 spiro atoms. The van der Waals surface area contributed by atoms with Gasteiger partial charge in [0, 0.05) is 5.56 Å². The number of hydrogen-bond acceptors (Lipinski definition) is 3. The second-order valence-electron chi connectivity index (χ2n) is 4.71. The number of rotatable bonds is 2. The molecule has 1 aromatic heterocycles. The number of nitrogen functional groups attached to an aromatic ring is 1. The van der Waals surface area contributed by atoms with Gasteiger partial charge in [-0.2, -0.15) is 0 Å². The molecule has 0 aliphatic heterocycles. The van der Waals surface area contributed by atoms with Gasteiger partial charge >= 0.3 is 0 Å². The molecule has 5 heteroatoms. The monoisotopic (exact) mass is 286 g/mol. The lowest BCUT2D eigenvalue weighted by Gasteiger charge is -2.07. The second-order valence-corrected chi connectivity index (χ2v) is 4.71. The highest BCUT2D eigenvalue weighted by molar-refractivity contribution is 5.88. The second kappa shape index (κ2) is 5.01. The van der Waals surface area contributed by atoms with Crippen LogP contribution in [0.3, 0.4) is 0 Å². The van der Waals surface area contributed by atoms with Gasteiger partial charge in [-0.15, -0.1) is 0 Å². The summed E-state index contributed by atoms with van der Waals surface area (Å²) in [5.41, 5.74) is 8.22. The summed E-state index contributed by atoms with van der Waals surface area (Å²) < 4.78 is 32.4. The molecule has 3 aromatic rings. The zero-order valence-corrected chi connectivity index (χ0v) is 11.2. The molecule has 0 saturated carbocycles. The first-order valence-corrected chi connectivity index (χ1v) is 6.34. The summed E-state index contributed by atoms with van der Waals surface area (Å²) in [5, 5.41) is 3.80. The molecule has 0 radical (unpaired) electrons. The highest BCUT2D eigenvalue weighted by atomic mass is 19.1. The van der Waals surface area contributed by atoms with Gasteiger partial charge in [0.15, 0.2) is 0 Å². The van der Waals surface area contributed by atoms with Gasteiger partial charge in [0.2, 0.25) is 5.88 Å². The quantitative estimate of drug-likeness (QED) is 0.769. The minimum Gasteiger partial charge on any atom is -0.367 e. The Morgan fingerprint density at radius 2 is 1.81 bits per heavy atom. The number of hydrogen-bond donors (Lipinski definition) is 1. The molecule has 3 nitrogen and oxygen atoms in total. The van der Waals surface area contributed by atoms with E-state index in [0.29, 0.717) is 5.56 Å². The Bertz CT molecular complexity index is 812. The van der Waals surface area contributed by atoms with E-state index in [2.05, 4.69) is 5.16 Å². The van der Waals surface area contributed by atoms with Gasteiger partial charge < -0.3 is 10.3 Å². The van der Waals surface area contributed by atoms with Crippen LogP contribution >= 0.6 is 0 Å². The summed E-state index contributed by atoms with van der Waals surface area (Å²) >= 11 is 0. The molecule has 0 unspecified atom stereocenters. The van der Waals surface area contributed by atoms with Crippen molar-refractivity contribution in [2.45, 2.75) is 6.92 Å². The molecule has 0 bridgehead atoms. The summed E-state index contributed by atoms with van der Waals surface area (Å²) in [5.74, 6) is -1.06. The van der Waals surface area contributed by atoms with Crippen LogP contribution in [0.4, 0.5) is 14.7 Å². The van der Waals surface area contributed by atoms with Crippen molar-refractivity contribution in [3.8, 4) is 22.4 Å². The largest absolute Gasteiger partial charge is 0.367 e. The Labute approximate surface area is 120 Å². The fourth-order valence-electron chi connectivity index (χ4n) is 2.28. The first kappa shape index (κ1) is 13.3. The zero-order chi connectivity index (χ0) is 15.0. The first-order chi connectivity index (χ1) is 10.1. The molecule has 0 amide bonds. The molecule has 0 aliphatic rings. The van der Waals surface area contributed by atoms with Crippen LogP contribution in [-0.4, -0.2) is 5.16 Å². The van der Waals surface area contributed by atoms with E-state index in [1.807, 2.05) is 31.2 Å². The Balaban J connectivity index is 2.27. The summed E-state index contributed by atoms with van der Waals surface area (Å²) in [6, 6.07) is 10.6. The van der Waals surface area contributed by atoms with Crippen molar-refractivity contribution in [3.63, 3.8) is 0 Å². The summed E-state index contributed by atoms with van der Waals surface area (Å²) in [6.45, 7) is 1.90. The van der Waals surface area contributed by atoms with Crippen LogP contribution in [0.2, 0.25) is 0 Å². The maximum absolute atomic E-state index is 14.0. The molecular formula is C16H12F2N2O. The highest BCUT2D eigenvalue weighted by Gasteiger charge is 2.21. The molecule has 0 atom stereocenters. The van der Waals surface area contributed by atoms with Gasteiger partial charge in [0.1, 0.15) is 17.3 Å². The number of nitrogens with two attached hydrogens (primary N) is 1. The SMILES string of the molecule is Cc1ccccc1-c1c(-c2cc(F)ccc2F)noc1N. The highest BCUT2D eigenvalue weighted by Crippen LogP contribution is 2.38. The molecule has 0 saturated heterocycles. The standard InChI is InChI=1S/C16H12F2N2O/c1-9-4-2-3-5-11(9)14-15(20-21-16(14)19)12-8-10(17)6-7-13(12)18/h2-8H,19H2,1H3. The number of nitrogens with zero attached hydrogens (tertiary/aromatic N) is 1. The van der Waals surface area contributed by atoms with Crippen LogP contribution < -0.4 is 5.73 Å². The van der Waals surface area contributed by atoms with Gasteiger partial charge in [0.25, 0.3) is 0 Å². The van der Waals surface area contributed by atoms with E-state index in [0.717, 1.165) is 29.3 Å². The third kappa shape index (κ3) is 2.27. The van der Waals surface area contributed by atoms with Crippen molar-refractivity contribution in [1.82, 2.24) is 5.16 Å². The Morgan fingerprint density at radius 1 is 1.05 bits per heavy atom. The predicted molar refractivity (Wildman–Crippen MR) is 76.4 cm³/mol. The van der Waals surface area contributed by atoms with Crippen molar-refractivity contribution in [3.05, 3.63) is 59.7 Å². The predicted octanol–water partition coefficient (Wildman–Crippen LogP) is 4.18. The maximum Gasteiger partial charge on any atom is 0.230 e. The summed E-state index contributed by atoms with van der Waals surface area (Å²) in [4.78, 5) is 0. The lowest BCUT2D eigenvalue weighted by molar-refractivity contribution is 0.439. The van der Waals surface area contributed by atoms with E-state index in [9.17, 15) is 8.78 Å². The van der Waals surface area contributed by atoms with Crippen molar-refractivity contribution in [1.29, 1.82) is 0 Å². The zero-order valence-electron chi connectivity index (χ0n) is 11.2. The van der Waals surface area contributed by atoms with Gasteiger partial charge in [-0.3, -0.25) is 0 Å². The topological polar surface area (TPSA) is 52.0 Å². The van der Waals surface area contributed by atoms with E-state index < -0.39 is 11.6 Å². The normalized spacial score (nSPS) is 10.8. The smallest absolute Gasteiger partial charge is 0.230 e. The molecule has 21 heavy (non-hydrogen) atoms. The third-order valence-electron chi connectivity index (χ3n) is 3.32. The molecule has 2 aromatic carbocycles. The van der Waals surface area contributed by atoms with Gasteiger partial charge in [0.05, 0.1) is 5.56 Å². The number of aryl methyl sites for hydroxylation is 1. The first-order valence-electron chi connectivity index (χ1n) is 6.34. The van der Waals surface area contributed by atoms with Crippen LogP contribution in [0.15, 0.2) is 47.0 Å². The molecule has 0 aliphatic carbocycles. The maximum atomic E-state index is 14.0. The van der Waals surface area contributed by atoms with Crippen LogP contribution in [0, 0.1) is 18.6 Å². The lowest BCUT2D eigenvalue weighted by atomic mass is 9.97.